The molecule has 1 unspecified atom stereocenters. The zero-order valence-electron chi connectivity index (χ0n) is 10.7. The minimum atomic E-state index is -4.38. The molecule has 2 rings (SSSR count). The van der Waals surface area contributed by atoms with Gasteiger partial charge >= 0.3 is 6.18 Å². The number of nitrogens with one attached hydrogen (secondary N) is 1. The van der Waals surface area contributed by atoms with Crippen LogP contribution in [0.5, 0.6) is 5.75 Å². The van der Waals surface area contributed by atoms with Gasteiger partial charge in [0, 0.05) is 22.6 Å². The van der Waals surface area contributed by atoms with Crippen molar-refractivity contribution in [1.82, 2.24) is 5.32 Å². The van der Waals surface area contributed by atoms with Crippen LogP contribution in [0.1, 0.15) is 24.4 Å². The molecule has 1 aliphatic rings. The molecule has 0 spiro atoms. The van der Waals surface area contributed by atoms with Crippen LogP contribution < -0.4 is 15.8 Å². The van der Waals surface area contributed by atoms with Crippen molar-refractivity contribution in [2.45, 2.75) is 31.1 Å². The Balaban J connectivity index is 2.09. The summed E-state index contributed by atoms with van der Waals surface area (Å²) in [6.07, 6.45) is -2.87. The molecule has 1 aromatic carbocycles. The van der Waals surface area contributed by atoms with Crippen LogP contribution in [-0.2, 0) is 0 Å². The van der Waals surface area contributed by atoms with Crippen LogP contribution in [0.15, 0.2) is 22.7 Å². The first-order valence-electron chi connectivity index (χ1n) is 6.36. The van der Waals surface area contributed by atoms with Gasteiger partial charge in [-0.05, 0) is 25.0 Å². The SMILES string of the molecule is N[C@@H](CNC1CCCOc2cc(Br)ccc21)C(F)(F)F. The predicted molar refractivity (Wildman–Crippen MR) is 73.6 cm³/mol. The second kappa shape index (κ2) is 6.32. The topological polar surface area (TPSA) is 47.3 Å². The highest BCUT2D eigenvalue weighted by Crippen LogP contribution is 2.33. The quantitative estimate of drug-likeness (QED) is 0.878. The van der Waals surface area contributed by atoms with E-state index in [2.05, 4.69) is 21.2 Å². The average molecular weight is 353 g/mol. The van der Waals surface area contributed by atoms with Gasteiger partial charge in [0.15, 0.2) is 0 Å². The highest BCUT2D eigenvalue weighted by molar-refractivity contribution is 9.10. The van der Waals surface area contributed by atoms with Gasteiger partial charge in [-0.2, -0.15) is 13.2 Å². The van der Waals surface area contributed by atoms with Crippen LogP contribution >= 0.6 is 15.9 Å². The van der Waals surface area contributed by atoms with Gasteiger partial charge < -0.3 is 15.8 Å². The van der Waals surface area contributed by atoms with Crippen molar-refractivity contribution in [2.24, 2.45) is 5.73 Å². The highest BCUT2D eigenvalue weighted by atomic mass is 79.9. The number of alkyl halides is 3. The zero-order chi connectivity index (χ0) is 14.8. The van der Waals surface area contributed by atoms with Gasteiger partial charge in [-0.25, -0.2) is 0 Å². The number of fused-ring (bicyclic) bond motifs is 1. The summed E-state index contributed by atoms with van der Waals surface area (Å²) in [6, 6.07) is 3.52. The Labute approximate surface area is 123 Å². The fraction of sp³-hybridized carbons (Fsp3) is 0.538. The van der Waals surface area contributed by atoms with Gasteiger partial charge in [0.2, 0.25) is 0 Å². The van der Waals surface area contributed by atoms with Crippen molar-refractivity contribution in [3.05, 3.63) is 28.2 Å². The summed E-state index contributed by atoms with van der Waals surface area (Å²) in [7, 11) is 0. The molecule has 3 N–H and O–H groups in total. The number of rotatable bonds is 3. The summed E-state index contributed by atoms with van der Waals surface area (Å²) in [5.74, 6) is 0.704. The van der Waals surface area contributed by atoms with Crippen LogP contribution in [0.4, 0.5) is 13.2 Å². The van der Waals surface area contributed by atoms with E-state index in [9.17, 15) is 13.2 Å². The lowest BCUT2D eigenvalue weighted by atomic mass is 10.0. The minimum absolute atomic E-state index is 0.172. The lowest BCUT2D eigenvalue weighted by molar-refractivity contribution is -0.146. The number of nitrogens with two attached hydrogens (primary N) is 1. The molecule has 0 amide bonds. The van der Waals surface area contributed by atoms with Gasteiger partial charge in [-0.1, -0.05) is 22.0 Å². The van der Waals surface area contributed by atoms with Gasteiger partial charge in [-0.15, -0.1) is 0 Å². The van der Waals surface area contributed by atoms with Crippen LogP contribution in [-0.4, -0.2) is 25.4 Å². The summed E-state index contributed by atoms with van der Waals surface area (Å²) in [5, 5.41) is 2.90. The standard InChI is InChI=1S/C13H16BrF3N2O/c14-8-3-4-9-10(2-1-5-20-11(9)6-8)19-7-12(18)13(15,16)17/h3-4,6,10,12,19H,1-2,5,7,18H2/t10?,12-/m0/s1. The van der Waals surface area contributed by atoms with Crippen molar-refractivity contribution in [3.63, 3.8) is 0 Å². The molecule has 2 atom stereocenters. The second-order valence-electron chi connectivity index (χ2n) is 4.78. The Morgan fingerprint density at radius 1 is 1.45 bits per heavy atom. The Kier molecular flexibility index (Phi) is 4.93. The third-order valence-electron chi connectivity index (χ3n) is 3.25. The lowest BCUT2D eigenvalue weighted by Crippen LogP contribution is -2.46. The number of hydrogen-bond acceptors (Lipinski definition) is 3. The number of halogens is 4. The van der Waals surface area contributed by atoms with E-state index in [1.54, 1.807) is 0 Å². The molecule has 0 bridgehead atoms. The summed E-state index contributed by atoms with van der Waals surface area (Å²) in [5.41, 5.74) is 6.00. The first kappa shape index (κ1) is 15.6. The largest absolute Gasteiger partial charge is 0.493 e. The highest BCUT2D eigenvalue weighted by Gasteiger charge is 2.36. The molecule has 20 heavy (non-hydrogen) atoms. The summed E-state index contributed by atoms with van der Waals surface area (Å²) in [6.45, 7) is 0.261. The fourth-order valence-electron chi connectivity index (χ4n) is 2.14. The van der Waals surface area contributed by atoms with E-state index >= 15 is 0 Å². The summed E-state index contributed by atoms with van der Waals surface area (Å²) < 4.78 is 43.8. The van der Waals surface area contributed by atoms with Crippen molar-refractivity contribution in [2.75, 3.05) is 13.2 Å². The van der Waals surface area contributed by atoms with E-state index in [1.807, 2.05) is 18.2 Å². The molecule has 0 aliphatic carbocycles. The fourth-order valence-corrected chi connectivity index (χ4v) is 2.48. The van der Waals surface area contributed by atoms with E-state index in [-0.39, 0.29) is 12.6 Å². The normalized spacial score (nSPS) is 20.8. The maximum absolute atomic E-state index is 12.4. The molecular weight excluding hydrogens is 337 g/mol. The van der Waals surface area contributed by atoms with Crippen molar-refractivity contribution in [3.8, 4) is 5.75 Å². The molecule has 1 heterocycles. The monoisotopic (exact) mass is 352 g/mol. The molecule has 0 radical (unpaired) electrons. The minimum Gasteiger partial charge on any atom is -0.493 e. The molecule has 0 saturated carbocycles. The van der Waals surface area contributed by atoms with E-state index < -0.39 is 12.2 Å². The summed E-state index contributed by atoms with van der Waals surface area (Å²) in [4.78, 5) is 0. The van der Waals surface area contributed by atoms with Crippen LogP contribution in [0.3, 0.4) is 0 Å². The zero-order valence-corrected chi connectivity index (χ0v) is 12.3. The van der Waals surface area contributed by atoms with Crippen LogP contribution in [0.2, 0.25) is 0 Å². The second-order valence-corrected chi connectivity index (χ2v) is 5.70. The Morgan fingerprint density at radius 3 is 2.90 bits per heavy atom. The molecule has 112 valence electrons. The number of hydrogen-bond donors (Lipinski definition) is 2. The first-order valence-corrected chi connectivity index (χ1v) is 7.15. The number of ether oxygens (including phenoxy) is 1. The van der Waals surface area contributed by atoms with Gasteiger partial charge in [-0.3, -0.25) is 0 Å². The Hall–Kier alpha value is -0.790. The molecular formula is C13H16BrF3N2O. The van der Waals surface area contributed by atoms with Crippen molar-refractivity contribution < 1.29 is 17.9 Å². The summed E-state index contributed by atoms with van der Waals surface area (Å²) >= 11 is 3.35. The first-order chi connectivity index (χ1) is 9.38. The van der Waals surface area contributed by atoms with Gasteiger partial charge in [0.25, 0.3) is 0 Å². The van der Waals surface area contributed by atoms with Crippen LogP contribution in [0, 0.1) is 0 Å². The van der Waals surface area contributed by atoms with Crippen molar-refractivity contribution >= 4 is 15.9 Å². The molecule has 3 nitrogen and oxygen atoms in total. The lowest BCUT2D eigenvalue weighted by Gasteiger charge is -2.22. The molecule has 1 aliphatic heterocycles. The van der Waals surface area contributed by atoms with E-state index in [1.165, 1.54) is 0 Å². The van der Waals surface area contributed by atoms with E-state index in [0.717, 1.165) is 22.9 Å². The van der Waals surface area contributed by atoms with E-state index in [4.69, 9.17) is 10.5 Å². The van der Waals surface area contributed by atoms with Gasteiger partial charge in [0.1, 0.15) is 11.8 Å². The Morgan fingerprint density at radius 2 is 2.20 bits per heavy atom. The number of benzene rings is 1. The molecule has 0 saturated heterocycles. The molecule has 7 heteroatoms. The maximum Gasteiger partial charge on any atom is 0.404 e. The van der Waals surface area contributed by atoms with Crippen LogP contribution in [0.25, 0.3) is 0 Å². The third-order valence-corrected chi connectivity index (χ3v) is 3.74. The van der Waals surface area contributed by atoms with Crippen molar-refractivity contribution in [1.29, 1.82) is 0 Å². The Bertz CT molecular complexity index is 467. The predicted octanol–water partition coefficient (Wildman–Crippen LogP) is 3.14. The maximum atomic E-state index is 12.4. The average Bonchev–Trinajstić information content (AvgIpc) is 2.56. The smallest absolute Gasteiger partial charge is 0.404 e. The molecule has 0 aromatic heterocycles. The molecule has 1 aromatic rings. The molecule has 0 fully saturated rings. The third kappa shape index (κ3) is 3.86. The van der Waals surface area contributed by atoms with Gasteiger partial charge in [0.05, 0.1) is 6.61 Å². The van der Waals surface area contributed by atoms with E-state index in [0.29, 0.717) is 12.4 Å².